The predicted molar refractivity (Wildman–Crippen MR) is 59.6 cm³/mol. The van der Waals surface area contributed by atoms with E-state index >= 15 is 0 Å². The van der Waals surface area contributed by atoms with E-state index in [1.807, 2.05) is 0 Å². The topological polar surface area (TPSA) is 70.6 Å². The SMILES string of the molecule is CCC(C)C(C)NCCCC(N)=NO. The Balaban J connectivity index is 3.45. The summed E-state index contributed by atoms with van der Waals surface area (Å²) in [6, 6.07) is 0.535. The Bertz CT molecular complexity index is 171. The Kier molecular flexibility index (Phi) is 7.20. The summed E-state index contributed by atoms with van der Waals surface area (Å²) < 4.78 is 0. The van der Waals surface area contributed by atoms with Gasteiger partial charge in [-0.15, -0.1) is 0 Å². The second kappa shape index (κ2) is 7.62. The second-order valence-corrected chi connectivity index (χ2v) is 3.82. The highest BCUT2D eigenvalue weighted by Gasteiger charge is 2.08. The lowest BCUT2D eigenvalue weighted by Gasteiger charge is -2.19. The first kappa shape index (κ1) is 13.2. The van der Waals surface area contributed by atoms with E-state index in [2.05, 4.69) is 31.2 Å². The number of oxime groups is 1. The Hall–Kier alpha value is -0.770. The average molecular weight is 201 g/mol. The van der Waals surface area contributed by atoms with E-state index in [1.54, 1.807) is 0 Å². The highest BCUT2D eigenvalue weighted by Crippen LogP contribution is 2.06. The number of hydrogen-bond donors (Lipinski definition) is 3. The smallest absolute Gasteiger partial charge is 0.139 e. The maximum Gasteiger partial charge on any atom is 0.139 e. The normalized spacial score (nSPS) is 16.6. The van der Waals surface area contributed by atoms with Gasteiger partial charge >= 0.3 is 0 Å². The molecule has 2 atom stereocenters. The number of rotatable bonds is 7. The fraction of sp³-hybridized carbons (Fsp3) is 0.900. The molecule has 4 heteroatoms. The summed E-state index contributed by atoms with van der Waals surface area (Å²) in [5.74, 6) is 1.00. The number of hydrogen-bond acceptors (Lipinski definition) is 3. The summed E-state index contributed by atoms with van der Waals surface area (Å²) in [6.07, 6.45) is 2.75. The van der Waals surface area contributed by atoms with Crippen molar-refractivity contribution in [2.24, 2.45) is 16.8 Å². The third-order valence-electron chi connectivity index (χ3n) is 2.70. The molecule has 0 bridgehead atoms. The molecule has 0 saturated carbocycles. The molecule has 0 aromatic carbocycles. The summed E-state index contributed by atoms with van der Waals surface area (Å²) >= 11 is 0. The fourth-order valence-corrected chi connectivity index (χ4v) is 1.20. The zero-order valence-corrected chi connectivity index (χ0v) is 9.45. The summed E-state index contributed by atoms with van der Waals surface area (Å²) in [5.41, 5.74) is 5.35. The van der Waals surface area contributed by atoms with E-state index in [0.717, 1.165) is 13.0 Å². The van der Waals surface area contributed by atoms with Crippen LogP contribution in [0.5, 0.6) is 0 Å². The monoisotopic (exact) mass is 201 g/mol. The Morgan fingerprint density at radius 1 is 1.50 bits per heavy atom. The van der Waals surface area contributed by atoms with Gasteiger partial charge in [-0.2, -0.15) is 0 Å². The van der Waals surface area contributed by atoms with Crippen molar-refractivity contribution >= 4 is 5.84 Å². The van der Waals surface area contributed by atoms with Crippen molar-refractivity contribution in [3.63, 3.8) is 0 Å². The van der Waals surface area contributed by atoms with Crippen LogP contribution in [0, 0.1) is 5.92 Å². The fourth-order valence-electron chi connectivity index (χ4n) is 1.20. The minimum atomic E-state index is 0.308. The van der Waals surface area contributed by atoms with Gasteiger partial charge < -0.3 is 16.3 Å². The van der Waals surface area contributed by atoms with Crippen molar-refractivity contribution in [1.82, 2.24) is 5.32 Å². The van der Waals surface area contributed by atoms with Gasteiger partial charge in [0.05, 0.1) is 0 Å². The Labute approximate surface area is 86.6 Å². The summed E-state index contributed by atoms with van der Waals surface area (Å²) in [5, 5.41) is 14.7. The van der Waals surface area contributed by atoms with Crippen molar-refractivity contribution in [3.05, 3.63) is 0 Å². The van der Waals surface area contributed by atoms with E-state index in [0.29, 0.717) is 24.2 Å². The molecule has 0 rings (SSSR count). The van der Waals surface area contributed by atoms with Crippen LogP contribution in [-0.2, 0) is 0 Å². The van der Waals surface area contributed by atoms with Crippen LogP contribution in [0.4, 0.5) is 0 Å². The minimum Gasteiger partial charge on any atom is -0.409 e. The molecule has 0 spiro atoms. The molecule has 0 heterocycles. The zero-order valence-electron chi connectivity index (χ0n) is 9.45. The van der Waals surface area contributed by atoms with E-state index in [4.69, 9.17) is 10.9 Å². The number of nitrogens with two attached hydrogens (primary N) is 1. The quantitative estimate of drug-likeness (QED) is 0.192. The first-order chi connectivity index (χ1) is 6.61. The van der Waals surface area contributed by atoms with Gasteiger partial charge in [-0.05, 0) is 25.8 Å². The van der Waals surface area contributed by atoms with Gasteiger partial charge in [-0.1, -0.05) is 25.4 Å². The average Bonchev–Trinajstić information content (AvgIpc) is 2.22. The van der Waals surface area contributed by atoms with Crippen LogP contribution >= 0.6 is 0 Å². The lowest BCUT2D eigenvalue weighted by Crippen LogP contribution is -2.33. The van der Waals surface area contributed by atoms with Crippen LogP contribution < -0.4 is 11.1 Å². The molecule has 84 valence electrons. The maximum absolute atomic E-state index is 8.31. The van der Waals surface area contributed by atoms with Gasteiger partial charge in [0.15, 0.2) is 0 Å². The molecule has 0 aromatic rings. The third-order valence-corrected chi connectivity index (χ3v) is 2.70. The van der Waals surface area contributed by atoms with E-state index < -0.39 is 0 Å². The number of nitrogens with one attached hydrogen (secondary N) is 1. The molecule has 14 heavy (non-hydrogen) atoms. The zero-order chi connectivity index (χ0) is 11.0. The highest BCUT2D eigenvalue weighted by atomic mass is 16.4. The molecule has 4 N–H and O–H groups in total. The molecular formula is C10H23N3O. The van der Waals surface area contributed by atoms with Crippen LogP contribution in [0.1, 0.15) is 40.0 Å². The van der Waals surface area contributed by atoms with Crippen LogP contribution in [0.15, 0.2) is 5.16 Å². The van der Waals surface area contributed by atoms with Crippen molar-refractivity contribution < 1.29 is 5.21 Å². The summed E-state index contributed by atoms with van der Waals surface area (Å²) in [4.78, 5) is 0. The lowest BCUT2D eigenvalue weighted by atomic mass is 10.0. The van der Waals surface area contributed by atoms with Crippen LogP contribution in [0.3, 0.4) is 0 Å². The molecule has 0 aliphatic heterocycles. The molecule has 0 aromatic heterocycles. The molecule has 0 radical (unpaired) electrons. The largest absolute Gasteiger partial charge is 0.409 e. The first-order valence-electron chi connectivity index (χ1n) is 5.31. The van der Waals surface area contributed by atoms with Gasteiger partial charge in [0.25, 0.3) is 0 Å². The van der Waals surface area contributed by atoms with Gasteiger partial charge in [-0.3, -0.25) is 0 Å². The van der Waals surface area contributed by atoms with E-state index in [9.17, 15) is 0 Å². The number of amidine groups is 1. The standard InChI is InChI=1S/C10H23N3O/c1-4-8(2)9(3)12-7-5-6-10(11)13-14/h8-9,12,14H,4-7H2,1-3H3,(H2,11,13). The Morgan fingerprint density at radius 3 is 2.64 bits per heavy atom. The lowest BCUT2D eigenvalue weighted by molar-refractivity contribution is 0.316. The van der Waals surface area contributed by atoms with Gasteiger partial charge in [0.2, 0.25) is 0 Å². The van der Waals surface area contributed by atoms with Crippen molar-refractivity contribution in [1.29, 1.82) is 0 Å². The molecule has 0 fully saturated rings. The van der Waals surface area contributed by atoms with Crippen molar-refractivity contribution in [2.45, 2.75) is 46.1 Å². The van der Waals surface area contributed by atoms with E-state index in [-0.39, 0.29) is 0 Å². The minimum absolute atomic E-state index is 0.308. The molecule has 2 unspecified atom stereocenters. The molecular weight excluding hydrogens is 178 g/mol. The van der Waals surface area contributed by atoms with Crippen LogP contribution in [-0.4, -0.2) is 23.6 Å². The first-order valence-corrected chi connectivity index (χ1v) is 5.31. The van der Waals surface area contributed by atoms with Crippen molar-refractivity contribution in [2.75, 3.05) is 6.54 Å². The number of nitrogens with zero attached hydrogens (tertiary/aromatic N) is 1. The summed E-state index contributed by atoms with van der Waals surface area (Å²) in [7, 11) is 0. The third kappa shape index (κ3) is 5.80. The van der Waals surface area contributed by atoms with Gasteiger partial charge in [0.1, 0.15) is 5.84 Å². The predicted octanol–water partition coefficient (Wildman–Crippen LogP) is 1.54. The van der Waals surface area contributed by atoms with Crippen LogP contribution in [0.2, 0.25) is 0 Å². The molecule has 0 aliphatic carbocycles. The maximum atomic E-state index is 8.31. The van der Waals surface area contributed by atoms with E-state index in [1.165, 1.54) is 6.42 Å². The second-order valence-electron chi connectivity index (χ2n) is 3.82. The van der Waals surface area contributed by atoms with Gasteiger partial charge in [0, 0.05) is 12.5 Å². The van der Waals surface area contributed by atoms with Gasteiger partial charge in [-0.25, -0.2) is 0 Å². The molecule has 0 aliphatic rings. The Morgan fingerprint density at radius 2 is 2.14 bits per heavy atom. The van der Waals surface area contributed by atoms with Crippen LogP contribution in [0.25, 0.3) is 0 Å². The molecule has 0 saturated heterocycles. The highest BCUT2D eigenvalue weighted by molar-refractivity contribution is 5.79. The van der Waals surface area contributed by atoms with Crippen molar-refractivity contribution in [3.8, 4) is 0 Å². The molecule has 0 amide bonds. The molecule has 4 nitrogen and oxygen atoms in total. The summed E-state index contributed by atoms with van der Waals surface area (Å²) in [6.45, 7) is 7.54.